The number of carbonyl (C=O) groups is 1. The number of rotatable bonds is 8. The lowest BCUT2D eigenvalue weighted by Gasteiger charge is -2.20. The Morgan fingerprint density at radius 3 is 2.46 bits per heavy atom. The molecule has 1 amide bonds. The van der Waals surface area contributed by atoms with Crippen LogP contribution in [-0.2, 0) is 21.2 Å². The monoisotopic (exact) mass is 498 g/mol. The van der Waals surface area contributed by atoms with Crippen LogP contribution in [0.1, 0.15) is 36.8 Å². The second kappa shape index (κ2) is 11.0. The van der Waals surface area contributed by atoms with Gasteiger partial charge in [-0.25, -0.2) is 13.2 Å². The smallest absolute Gasteiger partial charge is 0.336 e. The normalized spacial score (nSPS) is 15.0. The molecule has 4 rings (SSSR count). The SMILES string of the molecule is Cc1cc(=O)oc2cc(OCC(=O)NCCc3ccc(S(=O)(=O)N4CCCCCC4)cc3)ccc12. The maximum Gasteiger partial charge on any atom is 0.336 e. The molecule has 1 saturated heterocycles. The van der Waals surface area contributed by atoms with Crippen LogP contribution in [0.2, 0.25) is 0 Å². The summed E-state index contributed by atoms with van der Waals surface area (Å²) in [5.74, 6) is 0.152. The largest absolute Gasteiger partial charge is 0.484 e. The average Bonchev–Trinajstić information content (AvgIpc) is 3.13. The molecule has 0 atom stereocenters. The molecule has 0 unspecified atom stereocenters. The highest BCUT2D eigenvalue weighted by molar-refractivity contribution is 7.89. The van der Waals surface area contributed by atoms with Crippen molar-refractivity contribution in [1.82, 2.24) is 9.62 Å². The van der Waals surface area contributed by atoms with Gasteiger partial charge in [0.1, 0.15) is 11.3 Å². The molecule has 8 nitrogen and oxygen atoms in total. The Morgan fingerprint density at radius 1 is 1.03 bits per heavy atom. The van der Waals surface area contributed by atoms with Crippen LogP contribution in [0.3, 0.4) is 0 Å². The Morgan fingerprint density at radius 2 is 1.74 bits per heavy atom. The van der Waals surface area contributed by atoms with Crippen molar-refractivity contribution in [2.45, 2.75) is 43.9 Å². The van der Waals surface area contributed by atoms with E-state index in [1.165, 1.54) is 6.07 Å². The first kappa shape index (κ1) is 24.9. The molecular formula is C26H30N2O6S. The summed E-state index contributed by atoms with van der Waals surface area (Å²) >= 11 is 0. The van der Waals surface area contributed by atoms with E-state index in [0.29, 0.717) is 42.3 Å². The Bertz CT molecular complexity index is 1340. The van der Waals surface area contributed by atoms with Gasteiger partial charge in [0.15, 0.2) is 6.61 Å². The topological polar surface area (TPSA) is 106 Å². The van der Waals surface area contributed by atoms with Crippen molar-refractivity contribution in [2.75, 3.05) is 26.2 Å². The molecule has 1 N–H and O–H groups in total. The van der Waals surface area contributed by atoms with Crippen molar-refractivity contribution in [2.24, 2.45) is 0 Å². The molecular weight excluding hydrogens is 468 g/mol. The zero-order valence-corrected chi connectivity index (χ0v) is 20.6. The molecule has 3 aromatic rings. The highest BCUT2D eigenvalue weighted by Crippen LogP contribution is 2.22. The third-order valence-electron chi connectivity index (χ3n) is 6.15. The minimum atomic E-state index is -3.47. The van der Waals surface area contributed by atoms with Gasteiger partial charge < -0.3 is 14.5 Å². The average molecular weight is 499 g/mol. The fourth-order valence-corrected chi connectivity index (χ4v) is 5.72. The lowest BCUT2D eigenvalue weighted by molar-refractivity contribution is -0.123. The van der Waals surface area contributed by atoms with E-state index in [1.807, 2.05) is 6.92 Å². The number of benzene rings is 2. The molecule has 1 aliphatic rings. The predicted molar refractivity (Wildman–Crippen MR) is 133 cm³/mol. The molecule has 0 radical (unpaired) electrons. The van der Waals surface area contributed by atoms with Gasteiger partial charge in [-0.1, -0.05) is 25.0 Å². The number of hydrogen-bond acceptors (Lipinski definition) is 6. The van der Waals surface area contributed by atoms with Crippen LogP contribution in [0.4, 0.5) is 0 Å². The van der Waals surface area contributed by atoms with Crippen LogP contribution in [0, 0.1) is 6.92 Å². The van der Waals surface area contributed by atoms with Crippen LogP contribution >= 0.6 is 0 Å². The summed E-state index contributed by atoms with van der Waals surface area (Å²) < 4.78 is 38.1. The number of ether oxygens (including phenoxy) is 1. The summed E-state index contributed by atoms with van der Waals surface area (Å²) in [6.07, 6.45) is 4.51. The van der Waals surface area contributed by atoms with E-state index in [4.69, 9.17) is 9.15 Å². The van der Waals surface area contributed by atoms with Gasteiger partial charge >= 0.3 is 5.63 Å². The molecule has 0 bridgehead atoms. The summed E-state index contributed by atoms with van der Waals surface area (Å²) in [7, 11) is -3.47. The Hall–Kier alpha value is -3.17. The molecule has 1 aromatic heterocycles. The minimum Gasteiger partial charge on any atom is -0.484 e. The molecule has 186 valence electrons. The zero-order chi connectivity index (χ0) is 24.8. The maximum absolute atomic E-state index is 12.9. The lowest BCUT2D eigenvalue weighted by atomic mass is 10.1. The van der Waals surface area contributed by atoms with Crippen LogP contribution in [0.25, 0.3) is 11.0 Å². The van der Waals surface area contributed by atoms with E-state index < -0.39 is 15.6 Å². The Labute approximate surface area is 204 Å². The fraction of sp³-hybridized carbons (Fsp3) is 0.385. The Balaban J connectivity index is 1.25. The highest BCUT2D eigenvalue weighted by Gasteiger charge is 2.24. The molecule has 9 heteroatoms. The van der Waals surface area contributed by atoms with E-state index in [-0.39, 0.29) is 12.5 Å². The third-order valence-corrected chi connectivity index (χ3v) is 8.07. The van der Waals surface area contributed by atoms with Gasteiger partial charge in [-0.05, 0) is 61.6 Å². The van der Waals surface area contributed by atoms with Crippen molar-refractivity contribution in [1.29, 1.82) is 0 Å². The molecule has 0 spiro atoms. The predicted octanol–water partition coefficient (Wildman–Crippen LogP) is 3.40. The van der Waals surface area contributed by atoms with Gasteiger partial charge in [0, 0.05) is 37.2 Å². The van der Waals surface area contributed by atoms with Gasteiger partial charge in [-0.2, -0.15) is 4.31 Å². The second-order valence-corrected chi connectivity index (χ2v) is 10.7. The second-order valence-electron chi connectivity index (χ2n) is 8.76. The van der Waals surface area contributed by atoms with Gasteiger partial charge in [-0.15, -0.1) is 0 Å². The number of amides is 1. The first-order valence-electron chi connectivity index (χ1n) is 11.9. The van der Waals surface area contributed by atoms with E-state index in [0.717, 1.165) is 42.2 Å². The van der Waals surface area contributed by atoms with E-state index in [2.05, 4.69) is 5.32 Å². The number of nitrogens with zero attached hydrogens (tertiary/aromatic N) is 1. The lowest BCUT2D eigenvalue weighted by Crippen LogP contribution is -2.32. The molecule has 0 saturated carbocycles. The van der Waals surface area contributed by atoms with Crippen molar-refractivity contribution < 1.29 is 22.4 Å². The van der Waals surface area contributed by atoms with E-state index in [9.17, 15) is 18.0 Å². The molecule has 35 heavy (non-hydrogen) atoms. The Kier molecular flexibility index (Phi) is 7.87. The van der Waals surface area contributed by atoms with Crippen molar-refractivity contribution in [3.63, 3.8) is 0 Å². The van der Waals surface area contributed by atoms with Gasteiger partial charge in [0.25, 0.3) is 5.91 Å². The molecule has 1 aliphatic heterocycles. The number of nitrogens with one attached hydrogen (secondary N) is 1. The summed E-state index contributed by atoms with van der Waals surface area (Å²) in [6.45, 7) is 3.20. The number of carbonyl (C=O) groups excluding carboxylic acids is 1. The number of fused-ring (bicyclic) bond motifs is 1. The number of hydrogen-bond donors (Lipinski definition) is 1. The molecule has 0 aliphatic carbocycles. The van der Waals surface area contributed by atoms with Crippen LogP contribution in [0.5, 0.6) is 5.75 Å². The summed E-state index contributed by atoms with van der Waals surface area (Å²) in [4.78, 5) is 24.0. The zero-order valence-electron chi connectivity index (χ0n) is 19.8. The van der Waals surface area contributed by atoms with Crippen molar-refractivity contribution >= 4 is 26.9 Å². The highest BCUT2D eigenvalue weighted by atomic mass is 32.2. The third kappa shape index (κ3) is 6.29. The van der Waals surface area contributed by atoms with Crippen molar-refractivity contribution in [3.8, 4) is 5.75 Å². The quantitative estimate of drug-likeness (QED) is 0.477. The molecule has 2 heterocycles. The fourth-order valence-electron chi connectivity index (χ4n) is 4.20. The van der Waals surface area contributed by atoms with E-state index >= 15 is 0 Å². The molecule has 1 fully saturated rings. The first-order chi connectivity index (χ1) is 16.8. The van der Waals surface area contributed by atoms with Crippen molar-refractivity contribution in [3.05, 3.63) is 70.1 Å². The summed E-state index contributed by atoms with van der Waals surface area (Å²) in [5, 5.41) is 3.61. The number of sulfonamides is 1. The standard InChI is InChI=1S/C26H30N2O6S/c1-19-16-26(30)34-24-17-21(8-11-23(19)24)33-18-25(29)27-13-12-20-6-9-22(10-7-20)35(31,32)28-14-4-2-3-5-15-28/h6-11,16-17H,2-5,12-15,18H2,1H3,(H,27,29). The van der Waals surface area contributed by atoms with Gasteiger partial charge in [0.05, 0.1) is 4.90 Å². The summed E-state index contributed by atoms with van der Waals surface area (Å²) in [5.41, 5.74) is 1.72. The number of aryl methyl sites for hydroxylation is 1. The van der Waals surface area contributed by atoms with Crippen LogP contribution < -0.4 is 15.7 Å². The van der Waals surface area contributed by atoms with Crippen LogP contribution in [-0.4, -0.2) is 44.9 Å². The minimum absolute atomic E-state index is 0.172. The summed E-state index contributed by atoms with van der Waals surface area (Å²) in [6, 6.07) is 13.4. The van der Waals surface area contributed by atoms with E-state index in [1.54, 1.807) is 46.8 Å². The van der Waals surface area contributed by atoms with Gasteiger partial charge in [-0.3, -0.25) is 4.79 Å². The van der Waals surface area contributed by atoms with Crippen LogP contribution in [0.15, 0.2) is 62.6 Å². The molecule has 2 aromatic carbocycles. The maximum atomic E-state index is 12.9. The first-order valence-corrected chi connectivity index (χ1v) is 13.3. The van der Waals surface area contributed by atoms with Gasteiger partial charge in [0.2, 0.25) is 10.0 Å².